The van der Waals surface area contributed by atoms with Crippen LogP contribution in [-0.2, 0) is 4.79 Å². The van der Waals surface area contributed by atoms with Gasteiger partial charge in [-0.25, -0.2) is 0 Å². The van der Waals surface area contributed by atoms with Gasteiger partial charge in [-0.2, -0.15) is 0 Å². The predicted octanol–water partition coefficient (Wildman–Crippen LogP) is 1.44. The number of hydrogen-bond acceptors (Lipinski definition) is 2. The third-order valence-corrected chi connectivity index (χ3v) is 3.32. The Morgan fingerprint density at radius 2 is 1.62 bits per heavy atom. The van der Waals surface area contributed by atoms with E-state index >= 15 is 0 Å². The molecule has 0 aliphatic rings. The first-order chi connectivity index (χ1) is 11.3. The Hall–Kier alpha value is -2.78. The molecule has 0 unspecified atom stereocenters. The Kier molecular flexibility index (Phi) is 7.02. The fourth-order valence-corrected chi connectivity index (χ4v) is 1.94. The first-order valence-corrected chi connectivity index (χ1v) is 7.57. The maximum absolute atomic E-state index is 12.1. The van der Waals surface area contributed by atoms with Gasteiger partial charge in [0.1, 0.15) is 0 Å². The smallest absolute Gasteiger partial charge is 0.255 e. The minimum Gasteiger partial charge on any atom is -0.323 e. The molecule has 0 bridgehead atoms. The van der Waals surface area contributed by atoms with Crippen LogP contribution < -0.4 is 26.2 Å². The van der Waals surface area contributed by atoms with Gasteiger partial charge in [-0.05, 0) is 44.0 Å². The normalized spacial score (nSPS) is 12.2. The highest BCUT2D eigenvalue weighted by Crippen LogP contribution is 2.01. The topological polar surface area (TPSA) is 29.1 Å². The van der Waals surface area contributed by atoms with Crippen molar-refractivity contribution in [1.82, 2.24) is 5.32 Å². The highest BCUT2D eigenvalue weighted by Gasteiger charge is 2.04. The van der Waals surface area contributed by atoms with Crippen molar-refractivity contribution in [2.24, 2.45) is 0 Å². The molecule has 0 saturated carbocycles. The molecule has 122 valence electrons. The molecule has 1 aromatic rings. The number of nitrogens with one attached hydrogen (secondary N) is 1. The molecular formula is C21H21NOS. The van der Waals surface area contributed by atoms with E-state index in [9.17, 15) is 4.79 Å². The van der Waals surface area contributed by atoms with Crippen LogP contribution in [0.2, 0.25) is 0 Å². The number of amides is 1. The van der Waals surface area contributed by atoms with Crippen LogP contribution in [0, 0.1) is 0 Å². The van der Waals surface area contributed by atoms with E-state index in [2.05, 4.69) is 57.4 Å². The quantitative estimate of drug-likeness (QED) is 0.460. The molecule has 2 nitrogen and oxygen atoms in total. The number of carbonyl (C=O) groups excluding carboxylic acids is 1. The average Bonchev–Trinajstić information content (AvgIpc) is 2.52. The molecule has 1 amide bonds. The van der Waals surface area contributed by atoms with Crippen LogP contribution in [-0.4, -0.2) is 5.91 Å². The van der Waals surface area contributed by atoms with Crippen LogP contribution >= 0.6 is 12.6 Å². The summed E-state index contributed by atoms with van der Waals surface area (Å²) in [5.74, 6) is -0.346. The van der Waals surface area contributed by atoms with Crippen molar-refractivity contribution in [2.75, 3.05) is 0 Å². The third kappa shape index (κ3) is 5.45. The Morgan fingerprint density at radius 1 is 1.04 bits per heavy atom. The molecule has 0 spiro atoms. The Balaban J connectivity index is 3.08. The highest BCUT2D eigenvalue weighted by atomic mass is 32.1. The molecule has 0 aliphatic heterocycles. The van der Waals surface area contributed by atoms with Gasteiger partial charge in [-0.1, -0.05) is 63.8 Å². The molecule has 24 heavy (non-hydrogen) atoms. The lowest BCUT2D eigenvalue weighted by molar-refractivity contribution is -0.116. The first kappa shape index (κ1) is 19.3. The first-order valence-electron chi connectivity index (χ1n) is 7.12. The SMILES string of the molecule is C=C/C=c1/cc/c(=C/C(=C)C(=O)NC(=C)/C=C\C(=C)S)c(=C)c1=C. The van der Waals surface area contributed by atoms with Crippen molar-refractivity contribution >= 4 is 43.8 Å². The molecule has 3 heteroatoms. The zero-order valence-corrected chi connectivity index (χ0v) is 14.5. The van der Waals surface area contributed by atoms with E-state index in [4.69, 9.17) is 0 Å². The predicted molar refractivity (Wildman–Crippen MR) is 109 cm³/mol. The zero-order chi connectivity index (χ0) is 18.3. The van der Waals surface area contributed by atoms with Gasteiger partial charge in [0, 0.05) is 11.3 Å². The van der Waals surface area contributed by atoms with Crippen molar-refractivity contribution in [2.45, 2.75) is 0 Å². The molecule has 0 heterocycles. The second-order valence-corrected chi connectivity index (χ2v) is 5.65. The summed E-state index contributed by atoms with van der Waals surface area (Å²) in [5, 5.41) is 5.89. The summed E-state index contributed by atoms with van der Waals surface area (Å²) < 4.78 is 0. The summed E-state index contributed by atoms with van der Waals surface area (Å²) in [6, 6.07) is 3.76. The van der Waals surface area contributed by atoms with Gasteiger partial charge < -0.3 is 5.32 Å². The lowest BCUT2D eigenvalue weighted by Gasteiger charge is -2.04. The molecule has 0 fully saturated rings. The lowest BCUT2D eigenvalue weighted by Crippen LogP contribution is -2.46. The number of thiol groups is 1. The maximum Gasteiger partial charge on any atom is 0.255 e. The van der Waals surface area contributed by atoms with Gasteiger partial charge in [0.2, 0.25) is 0 Å². The fourth-order valence-electron chi connectivity index (χ4n) is 1.87. The van der Waals surface area contributed by atoms with Crippen LogP contribution in [0.15, 0.2) is 72.9 Å². The summed E-state index contributed by atoms with van der Waals surface area (Å²) in [4.78, 5) is 12.7. The van der Waals surface area contributed by atoms with Gasteiger partial charge in [-0.15, -0.1) is 12.6 Å². The molecule has 0 atom stereocenters. The van der Waals surface area contributed by atoms with Gasteiger partial charge >= 0.3 is 0 Å². The van der Waals surface area contributed by atoms with Crippen molar-refractivity contribution in [3.05, 3.63) is 93.7 Å². The summed E-state index contributed by atoms with van der Waals surface area (Å²) in [5.41, 5.74) is 0.715. The molecule has 0 saturated heterocycles. The molecule has 1 aromatic carbocycles. The largest absolute Gasteiger partial charge is 0.323 e. The van der Waals surface area contributed by atoms with E-state index in [1.54, 1.807) is 24.3 Å². The summed E-state index contributed by atoms with van der Waals surface area (Å²) in [7, 11) is 0. The summed E-state index contributed by atoms with van der Waals surface area (Å²) in [6.45, 7) is 22.8. The zero-order valence-electron chi connectivity index (χ0n) is 13.6. The second-order valence-electron chi connectivity index (χ2n) is 5.08. The molecule has 0 aromatic heterocycles. The van der Waals surface area contributed by atoms with Gasteiger partial charge in [-0.3, -0.25) is 4.79 Å². The number of benzene rings is 1. The van der Waals surface area contributed by atoms with E-state index in [1.807, 2.05) is 18.2 Å². The van der Waals surface area contributed by atoms with Crippen molar-refractivity contribution in [1.29, 1.82) is 0 Å². The average molecular weight is 335 g/mol. The molecule has 1 N–H and O–H groups in total. The Morgan fingerprint density at radius 3 is 2.21 bits per heavy atom. The monoisotopic (exact) mass is 335 g/mol. The lowest BCUT2D eigenvalue weighted by atomic mass is 10.1. The number of rotatable bonds is 6. The second kappa shape index (κ2) is 8.75. The van der Waals surface area contributed by atoms with Crippen LogP contribution in [0.4, 0.5) is 0 Å². The van der Waals surface area contributed by atoms with Gasteiger partial charge in [0.25, 0.3) is 5.91 Å². The standard InChI is InChI=1S/C21H21NOS/c1-7-8-19-11-12-20(18(6)17(19)5)13-14(2)21(23)22-15(3)9-10-16(4)24/h7-13,24H,1-6H2,(H,22,23)/b10-9-,19-8-,20-13-. The van der Waals surface area contributed by atoms with E-state index < -0.39 is 0 Å². The number of carbonyl (C=O) groups is 1. The number of hydrogen-bond donors (Lipinski definition) is 2. The van der Waals surface area contributed by atoms with Gasteiger partial charge in [0.15, 0.2) is 0 Å². The Labute approximate surface area is 148 Å². The van der Waals surface area contributed by atoms with E-state index in [0.717, 1.165) is 20.9 Å². The molecular weight excluding hydrogens is 314 g/mol. The summed E-state index contributed by atoms with van der Waals surface area (Å²) in [6.07, 6.45) is 8.46. The minimum absolute atomic E-state index is 0.291. The van der Waals surface area contributed by atoms with Crippen LogP contribution in [0.3, 0.4) is 0 Å². The Bertz CT molecular complexity index is 964. The fraction of sp³-hybridized carbons (Fsp3) is 0. The van der Waals surface area contributed by atoms with Crippen molar-refractivity contribution in [3.8, 4) is 0 Å². The van der Waals surface area contributed by atoms with E-state index in [-0.39, 0.29) is 5.91 Å². The van der Waals surface area contributed by atoms with E-state index in [1.165, 1.54) is 0 Å². The third-order valence-electron chi connectivity index (χ3n) is 3.17. The van der Waals surface area contributed by atoms with Crippen LogP contribution in [0.25, 0.3) is 25.3 Å². The maximum atomic E-state index is 12.1. The van der Waals surface area contributed by atoms with E-state index in [0.29, 0.717) is 16.2 Å². The summed E-state index contributed by atoms with van der Waals surface area (Å²) >= 11 is 4.03. The van der Waals surface area contributed by atoms with Gasteiger partial charge in [0.05, 0.1) is 0 Å². The highest BCUT2D eigenvalue weighted by molar-refractivity contribution is 7.84. The van der Waals surface area contributed by atoms with Crippen molar-refractivity contribution in [3.63, 3.8) is 0 Å². The van der Waals surface area contributed by atoms with Crippen LogP contribution in [0.5, 0.6) is 0 Å². The molecule has 0 radical (unpaired) electrons. The molecule has 0 aliphatic carbocycles. The minimum atomic E-state index is -0.346. The van der Waals surface area contributed by atoms with Crippen molar-refractivity contribution < 1.29 is 4.79 Å². The molecule has 1 rings (SSSR count). The van der Waals surface area contributed by atoms with Crippen LogP contribution in [0.1, 0.15) is 0 Å². The number of allylic oxidation sites excluding steroid dienone is 3.